The molecule has 0 aromatic carbocycles. The number of carbonyl (C=O) groups is 1. The molecule has 0 heterocycles. The zero-order chi connectivity index (χ0) is 11.5. The maximum absolute atomic E-state index is 10.6. The minimum Gasteiger partial charge on any atom is -0.466 e. The van der Waals surface area contributed by atoms with Crippen LogP contribution >= 0.6 is 0 Å². The normalized spacial score (nSPS) is 21.9. The Bertz CT molecular complexity index is 225. The van der Waals surface area contributed by atoms with E-state index in [2.05, 4.69) is 6.92 Å². The Morgan fingerprint density at radius 2 is 1.80 bits per heavy atom. The van der Waals surface area contributed by atoms with Gasteiger partial charge in [0, 0.05) is 34.0 Å². The molecular formula is C11H20O4. The van der Waals surface area contributed by atoms with Crippen LogP contribution in [0.5, 0.6) is 0 Å². The average molecular weight is 216 g/mol. The first-order valence-corrected chi connectivity index (χ1v) is 5.19. The molecule has 0 aliphatic heterocycles. The van der Waals surface area contributed by atoms with Crippen LogP contribution in [0.25, 0.3) is 0 Å². The van der Waals surface area contributed by atoms with Crippen molar-refractivity contribution in [3.8, 4) is 0 Å². The van der Waals surface area contributed by atoms with E-state index in [1.54, 1.807) is 14.2 Å². The number of hydrogen-bond donors (Lipinski definition) is 0. The van der Waals surface area contributed by atoms with E-state index in [4.69, 9.17) is 14.2 Å². The van der Waals surface area contributed by atoms with Gasteiger partial charge in [0.1, 0.15) is 0 Å². The summed E-state index contributed by atoms with van der Waals surface area (Å²) in [5.41, 5.74) is 0.168. The fourth-order valence-electron chi connectivity index (χ4n) is 2.24. The highest BCUT2D eigenvalue weighted by molar-refractivity contribution is 5.65. The minimum absolute atomic E-state index is 0.168. The monoisotopic (exact) mass is 216 g/mol. The molecule has 4 heteroatoms. The maximum atomic E-state index is 10.6. The molecule has 1 aliphatic carbocycles. The Hall–Kier alpha value is -0.610. The van der Waals surface area contributed by atoms with Crippen molar-refractivity contribution in [2.45, 2.75) is 38.9 Å². The zero-order valence-electron chi connectivity index (χ0n) is 9.96. The van der Waals surface area contributed by atoms with Crippen molar-refractivity contribution < 1.29 is 19.0 Å². The molecule has 0 unspecified atom stereocenters. The topological polar surface area (TPSA) is 44.8 Å². The van der Waals surface area contributed by atoms with Crippen molar-refractivity contribution in [1.29, 1.82) is 0 Å². The molecule has 0 bridgehead atoms. The van der Waals surface area contributed by atoms with Crippen molar-refractivity contribution in [1.82, 2.24) is 0 Å². The molecule has 1 aliphatic rings. The van der Waals surface area contributed by atoms with E-state index < -0.39 is 5.79 Å². The van der Waals surface area contributed by atoms with Gasteiger partial charge in [-0.25, -0.2) is 0 Å². The first-order chi connectivity index (χ1) is 6.95. The van der Waals surface area contributed by atoms with E-state index >= 15 is 0 Å². The maximum Gasteiger partial charge on any atom is 0.302 e. The Morgan fingerprint density at radius 1 is 1.27 bits per heavy atom. The second-order valence-electron chi connectivity index (χ2n) is 4.57. The molecule has 1 fully saturated rings. The van der Waals surface area contributed by atoms with Gasteiger partial charge in [0.25, 0.3) is 0 Å². The summed E-state index contributed by atoms with van der Waals surface area (Å²) in [5.74, 6) is -0.631. The number of rotatable bonds is 5. The van der Waals surface area contributed by atoms with Crippen LogP contribution in [0.1, 0.15) is 33.1 Å². The summed E-state index contributed by atoms with van der Waals surface area (Å²) in [6, 6.07) is 0. The van der Waals surface area contributed by atoms with Gasteiger partial charge in [-0.3, -0.25) is 4.79 Å². The second kappa shape index (κ2) is 4.49. The molecule has 0 amide bonds. The van der Waals surface area contributed by atoms with E-state index in [1.807, 2.05) is 0 Å². The van der Waals surface area contributed by atoms with E-state index in [0.717, 1.165) is 19.3 Å². The zero-order valence-corrected chi connectivity index (χ0v) is 9.96. The number of ether oxygens (including phenoxy) is 3. The van der Waals surface area contributed by atoms with Crippen LogP contribution in [-0.2, 0) is 19.0 Å². The van der Waals surface area contributed by atoms with Crippen LogP contribution in [0.4, 0.5) is 0 Å². The minimum atomic E-state index is -0.412. The van der Waals surface area contributed by atoms with Gasteiger partial charge in [-0.15, -0.1) is 0 Å². The van der Waals surface area contributed by atoms with E-state index in [1.165, 1.54) is 6.92 Å². The first kappa shape index (κ1) is 12.5. The summed E-state index contributed by atoms with van der Waals surface area (Å²) >= 11 is 0. The predicted molar refractivity (Wildman–Crippen MR) is 55.3 cm³/mol. The quantitative estimate of drug-likeness (QED) is 0.518. The van der Waals surface area contributed by atoms with Crippen LogP contribution in [0.3, 0.4) is 0 Å². The fourth-order valence-corrected chi connectivity index (χ4v) is 2.24. The van der Waals surface area contributed by atoms with Gasteiger partial charge < -0.3 is 14.2 Å². The van der Waals surface area contributed by atoms with Gasteiger partial charge in [-0.1, -0.05) is 6.92 Å². The van der Waals surface area contributed by atoms with E-state index in [0.29, 0.717) is 6.61 Å². The van der Waals surface area contributed by atoms with Gasteiger partial charge >= 0.3 is 5.97 Å². The largest absolute Gasteiger partial charge is 0.466 e. The van der Waals surface area contributed by atoms with E-state index in [9.17, 15) is 4.79 Å². The highest BCUT2D eigenvalue weighted by Crippen LogP contribution is 2.52. The smallest absolute Gasteiger partial charge is 0.302 e. The second-order valence-corrected chi connectivity index (χ2v) is 4.57. The molecule has 0 aromatic heterocycles. The summed E-state index contributed by atoms with van der Waals surface area (Å²) < 4.78 is 15.6. The summed E-state index contributed by atoms with van der Waals surface area (Å²) in [4.78, 5) is 10.6. The lowest BCUT2D eigenvalue weighted by atomic mass is 9.64. The standard InChI is InChI=1S/C11H20O4/c1-9(12)15-6-5-10(2)7-11(8-10,13-3)14-4/h5-8H2,1-4H3. The Kier molecular flexibility index (Phi) is 3.73. The molecule has 88 valence electrons. The molecule has 0 spiro atoms. The predicted octanol–water partition coefficient (Wildman–Crippen LogP) is 1.73. The van der Waals surface area contributed by atoms with Gasteiger partial charge in [-0.05, 0) is 11.8 Å². The molecule has 0 N–H and O–H groups in total. The molecule has 15 heavy (non-hydrogen) atoms. The summed E-state index contributed by atoms with van der Waals surface area (Å²) in [6.07, 6.45) is 2.57. The van der Waals surface area contributed by atoms with Crippen molar-refractivity contribution in [3.05, 3.63) is 0 Å². The third-order valence-corrected chi connectivity index (χ3v) is 3.15. The van der Waals surface area contributed by atoms with Crippen molar-refractivity contribution in [2.75, 3.05) is 20.8 Å². The molecule has 1 saturated carbocycles. The Balaban J connectivity index is 2.30. The van der Waals surface area contributed by atoms with Gasteiger partial charge in [0.2, 0.25) is 0 Å². The molecule has 4 nitrogen and oxygen atoms in total. The van der Waals surface area contributed by atoms with Crippen LogP contribution < -0.4 is 0 Å². The summed E-state index contributed by atoms with van der Waals surface area (Å²) in [6.45, 7) is 4.07. The number of hydrogen-bond acceptors (Lipinski definition) is 4. The number of carbonyl (C=O) groups excluding carboxylic acids is 1. The van der Waals surface area contributed by atoms with E-state index in [-0.39, 0.29) is 11.4 Å². The molecule has 0 atom stereocenters. The highest BCUT2D eigenvalue weighted by Gasteiger charge is 2.52. The third-order valence-electron chi connectivity index (χ3n) is 3.15. The SMILES string of the molecule is COC1(OC)CC(C)(CCOC(C)=O)C1. The van der Waals surface area contributed by atoms with Crippen molar-refractivity contribution >= 4 is 5.97 Å². The summed E-state index contributed by atoms with van der Waals surface area (Å²) in [5, 5.41) is 0. The Labute approximate surface area is 90.9 Å². The van der Waals surface area contributed by atoms with Gasteiger partial charge in [0.05, 0.1) is 6.61 Å². The molecule has 0 saturated heterocycles. The van der Waals surface area contributed by atoms with Crippen LogP contribution in [-0.4, -0.2) is 32.6 Å². The average Bonchev–Trinajstić information content (AvgIpc) is 2.12. The van der Waals surface area contributed by atoms with Crippen molar-refractivity contribution in [3.63, 3.8) is 0 Å². The fraction of sp³-hybridized carbons (Fsp3) is 0.909. The van der Waals surface area contributed by atoms with Crippen LogP contribution in [0.15, 0.2) is 0 Å². The van der Waals surface area contributed by atoms with Crippen molar-refractivity contribution in [2.24, 2.45) is 5.41 Å². The lowest BCUT2D eigenvalue weighted by Crippen LogP contribution is -2.53. The van der Waals surface area contributed by atoms with Crippen LogP contribution in [0.2, 0.25) is 0 Å². The van der Waals surface area contributed by atoms with Gasteiger partial charge in [-0.2, -0.15) is 0 Å². The first-order valence-electron chi connectivity index (χ1n) is 5.19. The van der Waals surface area contributed by atoms with Crippen LogP contribution in [0, 0.1) is 5.41 Å². The Morgan fingerprint density at radius 3 is 2.20 bits per heavy atom. The van der Waals surface area contributed by atoms with Gasteiger partial charge in [0.15, 0.2) is 5.79 Å². The number of esters is 1. The summed E-state index contributed by atoms with van der Waals surface area (Å²) in [7, 11) is 3.32. The lowest BCUT2D eigenvalue weighted by Gasteiger charge is -2.52. The number of methoxy groups -OCH3 is 2. The third kappa shape index (κ3) is 2.92. The lowest BCUT2D eigenvalue weighted by molar-refractivity contribution is -0.295. The molecular weight excluding hydrogens is 196 g/mol. The molecule has 0 radical (unpaired) electrons. The highest BCUT2D eigenvalue weighted by atomic mass is 16.7. The molecule has 0 aromatic rings. The molecule has 1 rings (SSSR count).